The predicted octanol–water partition coefficient (Wildman–Crippen LogP) is 1.20. The van der Waals surface area contributed by atoms with E-state index in [4.69, 9.17) is 10.7 Å². The topological polar surface area (TPSA) is 116 Å². The number of aliphatic imine (C=N–C) groups is 1. The Bertz CT molecular complexity index is 898. The van der Waals surface area contributed by atoms with Crippen LogP contribution in [0.3, 0.4) is 0 Å². The lowest BCUT2D eigenvalue weighted by atomic mass is 10.1. The Hall–Kier alpha value is -2.89. The van der Waals surface area contributed by atoms with Gasteiger partial charge in [-0.25, -0.2) is 9.98 Å². The molecule has 10 heteroatoms. The van der Waals surface area contributed by atoms with E-state index in [0.29, 0.717) is 12.1 Å². The van der Waals surface area contributed by atoms with Crippen molar-refractivity contribution < 1.29 is 9.59 Å². The minimum atomic E-state index is -0.573. The van der Waals surface area contributed by atoms with Gasteiger partial charge in [-0.2, -0.15) is 0 Å². The van der Waals surface area contributed by atoms with Crippen LogP contribution in [0.15, 0.2) is 53.7 Å². The number of piperazine rings is 1. The van der Waals surface area contributed by atoms with E-state index >= 15 is 0 Å². The molecule has 0 saturated carbocycles. The molecule has 9 nitrogen and oxygen atoms in total. The van der Waals surface area contributed by atoms with Gasteiger partial charge in [-0.15, -0.1) is 24.0 Å². The summed E-state index contributed by atoms with van der Waals surface area (Å²) in [6.45, 7) is 6.67. The number of amides is 2. The van der Waals surface area contributed by atoms with Crippen LogP contribution in [0.2, 0.25) is 0 Å². The van der Waals surface area contributed by atoms with E-state index in [1.807, 2.05) is 36.5 Å². The highest BCUT2D eigenvalue weighted by Gasteiger charge is 2.20. The number of nitrogens with two attached hydrogens (primary N) is 1. The number of hydrogen-bond donors (Lipinski definition) is 3. The molecular formula is C22H30IN7O2. The number of pyridine rings is 1. The van der Waals surface area contributed by atoms with Gasteiger partial charge in [-0.05, 0) is 36.8 Å². The number of guanidine groups is 1. The van der Waals surface area contributed by atoms with Crippen molar-refractivity contribution in [2.75, 3.05) is 44.2 Å². The number of benzene rings is 1. The van der Waals surface area contributed by atoms with Crippen LogP contribution >= 0.6 is 24.0 Å². The summed E-state index contributed by atoms with van der Waals surface area (Å²) in [6, 6.07) is 13.1. The minimum absolute atomic E-state index is 0. The number of hydrogen-bond acceptors (Lipinski definition) is 5. The maximum atomic E-state index is 12.0. The summed E-state index contributed by atoms with van der Waals surface area (Å²) >= 11 is 0. The van der Waals surface area contributed by atoms with E-state index in [1.165, 1.54) is 0 Å². The molecule has 0 aliphatic carbocycles. The lowest BCUT2D eigenvalue weighted by molar-refractivity contribution is -0.117. The Labute approximate surface area is 205 Å². The number of carbonyl (C=O) groups excluding carboxylic acids is 2. The molecule has 172 valence electrons. The molecule has 1 aliphatic rings. The first kappa shape index (κ1) is 25.4. The average Bonchev–Trinajstić information content (AvgIpc) is 2.81. The van der Waals surface area contributed by atoms with Crippen molar-refractivity contribution in [2.45, 2.75) is 13.5 Å². The highest BCUT2D eigenvalue weighted by Crippen LogP contribution is 2.13. The Morgan fingerprint density at radius 2 is 1.78 bits per heavy atom. The summed E-state index contributed by atoms with van der Waals surface area (Å²) in [6.07, 6.45) is 1.82. The van der Waals surface area contributed by atoms with Crippen molar-refractivity contribution in [3.63, 3.8) is 0 Å². The van der Waals surface area contributed by atoms with Gasteiger partial charge in [0.25, 0.3) is 5.91 Å². The third-order valence-electron chi connectivity index (χ3n) is 4.94. The van der Waals surface area contributed by atoms with E-state index in [1.54, 1.807) is 12.1 Å². The Kier molecular flexibility index (Phi) is 10.2. The molecule has 0 spiro atoms. The molecule has 2 heterocycles. The maximum Gasteiger partial charge on any atom is 0.251 e. The van der Waals surface area contributed by atoms with Gasteiger partial charge in [-0.3, -0.25) is 9.59 Å². The molecule has 1 aromatic heterocycles. The Balaban J connectivity index is 0.00000363. The maximum absolute atomic E-state index is 12.0. The molecular weight excluding hydrogens is 521 g/mol. The summed E-state index contributed by atoms with van der Waals surface area (Å²) in [5, 5.41) is 5.85. The van der Waals surface area contributed by atoms with E-state index in [2.05, 4.69) is 32.3 Å². The SMILES string of the molecule is CCNC(=NCc1ccc(C(=O)NCC(N)=O)cc1)N1CCN(c2ccccn2)CC1.I. The molecule has 1 fully saturated rings. The normalized spacial score (nSPS) is 13.8. The summed E-state index contributed by atoms with van der Waals surface area (Å²) in [5.74, 6) is 0.986. The summed E-state index contributed by atoms with van der Waals surface area (Å²) in [5.41, 5.74) is 6.52. The zero-order valence-electron chi connectivity index (χ0n) is 18.2. The predicted molar refractivity (Wildman–Crippen MR) is 136 cm³/mol. The van der Waals surface area contributed by atoms with Crippen molar-refractivity contribution >= 4 is 47.6 Å². The van der Waals surface area contributed by atoms with Crippen molar-refractivity contribution in [3.8, 4) is 0 Å². The van der Waals surface area contributed by atoms with Gasteiger partial charge in [-0.1, -0.05) is 18.2 Å². The fourth-order valence-corrected chi connectivity index (χ4v) is 3.31. The van der Waals surface area contributed by atoms with Gasteiger partial charge < -0.3 is 26.2 Å². The fourth-order valence-electron chi connectivity index (χ4n) is 3.31. The van der Waals surface area contributed by atoms with Crippen LogP contribution in [-0.4, -0.2) is 66.9 Å². The third-order valence-corrected chi connectivity index (χ3v) is 4.94. The average molecular weight is 551 g/mol. The van der Waals surface area contributed by atoms with Gasteiger partial charge in [0, 0.05) is 44.5 Å². The summed E-state index contributed by atoms with van der Waals surface area (Å²) in [4.78, 5) is 36.5. The van der Waals surface area contributed by atoms with E-state index < -0.39 is 5.91 Å². The number of nitrogens with zero attached hydrogens (tertiary/aromatic N) is 4. The summed E-state index contributed by atoms with van der Waals surface area (Å²) in [7, 11) is 0. The number of primary amides is 1. The van der Waals surface area contributed by atoms with Crippen molar-refractivity contribution in [2.24, 2.45) is 10.7 Å². The molecule has 2 aromatic rings. The van der Waals surface area contributed by atoms with Crippen molar-refractivity contribution in [1.82, 2.24) is 20.5 Å². The standard InChI is InChI=1S/C22H29N7O2.HI/c1-2-24-22(29-13-11-28(12-14-29)20-5-3-4-10-25-20)27-15-17-6-8-18(9-7-17)21(31)26-16-19(23)30;/h3-10H,2,11-16H2,1H3,(H2,23,30)(H,24,27)(H,26,31);1H. The van der Waals surface area contributed by atoms with Crippen LogP contribution in [0.1, 0.15) is 22.8 Å². The van der Waals surface area contributed by atoms with Gasteiger partial charge >= 0.3 is 0 Å². The van der Waals surface area contributed by atoms with Crippen LogP contribution < -0.4 is 21.3 Å². The first-order valence-corrected chi connectivity index (χ1v) is 10.4. The largest absolute Gasteiger partial charge is 0.368 e. The zero-order valence-corrected chi connectivity index (χ0v) is 20.5. The van der Waals surface area contributed by atoms with Crippen LogP contribution in [0, 0.1) is 0 Å². The molecule has 0 bridgehead atoms. The number of aromatic nitrogens is 1. The number of anilines is 1. The van der Waals surface area contributed by atoms with Crippen molar-refractivity contribution in [3.05, 3.63) is 59.8 Å². The fraction of sp³-hybridized carbons (Fsp3) is 0.364. The Morgan fingerprint density at radius 3 is 2.38 bits per heavy atom. The van der Waals surface area contributed by atoms with Crippen molar-refractivity contribution in [1.29, 1.82) is 0 Å². The molecule has 1 saturated heterocycles. The van der Waals surface area contributed by atoms with Gasteiger partial charge in [0.15, 0.2) is 5.96 Å². The smallest absolute Gasteiger partial charge is 0.251 e. The third kappa shape index (κ3) is 7.36. The first-order chi connectivity index (χ1) is 15.1. The molecule has 0 radical (unpaired) electrons. The van der Waals surface area contributed by atoms with Crippen LogP contribution in [0.25, 0.3) is 0 Å². The Morgan fingerprint density at radius 1 is 1.06 bits per heavy atom. The lowest BCUT2D eigenvalue weighted by Crippen LogP contribution is -2.52. The van der Waals surface area contributed by atoms with E-state index in [-0.39, 0.29) is 36.4 Å². The van der Waals surface area contributed by atoms with E-state index in [9.17, 15) is 9.59 Å². The molecule has 0 atom stereocenters. The molecule has 0 unspecified atom stereocenters. The van der Waals surface area contributed by atoms with Crippen LogP contribution in [0.5, 0.6) is 0 Å². The molecule has 1 aliphatic heterocycles. The second-order valence-corrected chi connectivity index (χ2v) is 7.18. The molecule has 32 heavy (non-hydrogen) atoms. The first-order valence-electron chi connectivity index (χ1n) is 10.4. The molecule has 2 amide bonds. The van der Waals surface area contributed by atoms with Crippen LogP contribution in [0.4, 0.5) is 5.82 Å². The highest BCUT2D eigenvalue weighted by molar-refractivity contribution is 14.0. The molecule has 3 rings (SSSR count). The van der Waals surface area contributed by atoms with E-state index in [0.717, 1.165) is 50.1 Å². The van der Waals surface area contributed by atoms with Gasteiger partial charge in [0.1, 0.15) is 5.82 Å². The van der Waals surface area contributed by atoms with Gasteiger partial charge in [0.05, 0.1) is 13.1 Å². The lowest BCUT2D eigenvalue weighted by Gasteiger charge is -2.37. The quantitative estimate of drug-likeness (QED) is 0.271. The number of halogens is 1. The monoisotopic (exact) mass is 551 g/mol. The second kappa shape index (κ2) is 12.8. The molecule has 4 N–H and O–H groups in total. The minimum Gasteiger partial charge on any atom is -0.368 e. The molecule has 1 aromatic carbocycles. The van der Waals surface area contributed by atoms with Crippen LogP contribution in [-0.2, 0) is 11.3 Å². The summed E-state index contributed by atoms with van der Waals surface area (Å²) < 4.78 is 0. The number of rotatable bonds is 7. The van der Waals surface area contributed by atoms with Gasteiger partial charge in [0.2, 0.25) is 5.91 Å². The number of nitrogens with one attached hydrogen (secondary N) is 2. The second-order valence-electron chi connectivity index (χ2n) is 7.18. The highest BCUT2D eigenvalue weighted by atomic mass is 127. The number of carbonyl (C=O) groups is 2. The zero-order chi connectivity index (χ0) is 22.1.